The normalized spacial score (nSPS) is 11.6. The lowest BCUT2D eigenvalue weighted by atomic mass is 10.1. The molecule has 11 heteroatoms. The summed E-state index contributed by atoms with van der Waals surface area (Å²) in [6.07, 6.45) is 0.922. The van der Waals surface area contributed by atoms with Crippen LogP contribution in [0.1, 0.15) is 18.9 Å². The number of anilines is 1. The highest BCUT2D eigenvalue weighted by Crippen LogP contribution is 2.27. The van der Waals surface area contributed by atoms with Crippen LogP contribution in [0.3, 0.4) is 0 Å². The smallest absolute Gasteiger partial charge is 0.306 e. The second-order valence-corrected chi connectivity index (χ2v) is 8.11. The number of rotatable bonds is 7. The molecule has 154 valence electrons. The van der Waals surface area contributed by atoms with Crippen LogP contribution in [0.25, 0.3) is 10.9 Å². The average Bonchev–Trinajstić information content (AvgIpc) is 3.07. The first kappa shape index (κ1) is 21.0. The molecule has 3 rings (SSSR count). The minimum Gasteiger partial charge on any atom is -0.466 e. The maximum Gasteiger partial charge on any atom is 0.306 e. The van der Waals surface area contributed by atoms with Crippen LogP contribution in [0.15, 0.2) is 35.4 Å². The van der Waals surface area contributed by atoms with Crippen LogP contribution in [0, 0.1) is 11.8 Å². The summed E-state index contributed by atoms with van der Waals surface area (Å²) < 4.78 is 60.5. The Kier molecular flexibility index (Phi) is 6.04. The number of carbonyl (C=O) groups is 1. The van der Waals surface area contributed by atoms with E-state index in [1.807, 2.05) is 4.72 Å². The summed E-state index contributed by atoms with van der Waals surface area (Å²) in [6.45, 7) is 1.80. The molecule has 0 atom stereocenters. The molecule has 7 nitrogen and oxygen atoms in total. The lowest BCUT2D eigenvalue weighted by Crippen LogP contribution is -2.16. The molecule has 0 bridgehead atoms. The Morgan fingerprint density at radius 1 is 1.31 bits per heavy atom. The van der Waals surface area contributed by atoms with Crippen LogP contribution >= 0.6 is 11.6 Å². The summed E-state index contributed by atoms with van der Waals surface area (Å²) in [5.41, 5.74) is 0.298. The summed E-state index contributed by atoms with van der Waals surface area (Å²) in [6, 6.07) is 5.33. The molecule has 2 N–H and O–H groups in total. The number of hydrogen-bond donors (Lipinski definition) is 2. The predicted octanol–water partition coefficient (Wildman–Crippen LogP) is 3.79. The Bertz CT molecular complexity index is 1180. The number of aromatic amines is 1. The van der Waals surface area contributed by atoms with Crippen molar-refractivity contribution in [2.24, 2.45) is 0 Å². The predicted molar refractivity (Wildman–Crippen MR) is 103 cm³/mol. The topological polar surface area (TPSA) is 101 Å². The van der Waals surface area contributed by atoms with Gasteiger partial charge in [-0.2, -0.15) is 9.37 Å². The minimum absolute atomic E-state index is 0.134. The van der Waals surface area contributed by atoms with Gasteiger partial charge in [0, 0.05) is 34.1 Å². The van der Waals surface area contributed by atoms with Crippen LogP contribution in [0.5, 0.6) is 0 Å². The van der Waals surface area contributed by atoms with Crippen LogP contribution in [-0.2, 0) is 26.0 Å². The third-order valence-corrected chi connectivity index (χ3v) is 5.65. The fourth-order valence-corrected chi connectivity index (χ4v) is 4.06. The van der Waals surface area contributed by atoms with E-state index >= 15 is 0 Å². The van der Waals surface area contributed by atoms with Gasteiger partial charge in [-0.25, -0.2) is 12.8 Å². The fourth-order valence-electron chi connectivity index (χ4n) is 2.70. The molecule has 0 fully saturated rings. The molecule has 2 heterocycles. The SMILES string of the molecule is CCOC(=O)CCc1cc(F)c(NS(=O)(=O)c2c[nH]c3cc(Cl)ccc23)nc1F. The Balaban J connectivity index is 1.85. The van der Waals surface area contributed by atoms with Gasteiger partial charge >= 0.3 is 5.97 Å². The molecule has 0 aliphatic rings. The van der Waals surface area contributed by atoms with Gasteiger partial charge in [0.25, 0.3) is 10.0 Å². The molecule has 0 radical (unpaired) electrons. The Labute approximate surface area is 170 Å². The Hall–Kier alpha value is -2.72. The van der Waals surface area contributed by atoms with E-state index in [1.54, 1.807) is 6.92 Å². The molecule has 0 unspecified atom stereocenters. The second kappa shape index (κ2) is 8.34. The average molecular weight is 444 g/mol. The van der Waals surface area contributed by atoms with Crippen molar-refractivity contribution in [3.05, 3.63) is 52.8 Å². The molecule has 2 aromatic heterocycles. The van der Waals surface area contributed by atoms with Crippen LogP contribution in [0.2, 0.25) is 5.02 Å². The number of fused-ring (bicyclic) bond motifs is 1. The van der Waals surface area contributed by atoms with Gasteiger partial charge in [0.1, 0.15) is 4.90 Å². The molecule has 29 heavy (non-hydrogen) atoms. The Morgan fingerprint density at radius 2 is 2.07 bits per heavy atom. The van der Waals surface area contributed by atoms with Gasteiger partial charge in [0.15, 0.2) is 11.6 Å². The quantitative estimate of drug-likeness (QED) is 0.427. The number of carbonyl (C=O) groups excluding carboxylic acids is 1. The van der Waals surface area contributed by atoms with Crippen molar-refractivity contribution in [1.82, 2.24) is 9.97 Å². The maximum absolute atomic E-state index is 14.3. The lowest BCUT2D eigenvalue weighted by Gasteiger charge is -2.10. The second-order valence-electron chi connectivity index (χ2n) is 6.02. The van der Waals surface area contributed by atoms with E-state index in [1.165, 1.54) is 24.4 Å². The van der Waals surface area contributed by atoms with Gasteiger partial charge in [0.05, 0.1) is 6.61 Å². The van der Waals surface area contributed by atoms with E-state index in [2.05, 4.69) is 9.97 Å². The number of benzene rings is 1. The summed E-state index contributed by atoms with van der Waals surface area (Å²) >= 11 is 5.87. The first-order valence-corrected chi connectivity index (χ1v) is 10.4. The molecule has 1 aromatic carbocycles. The van der Waals surface area contributed by atoms with E-state index in [9.17, 15) is 22.0 Å². The van der Waals surface area contributed by atoms with Gasteiger partial charge in [-0.1, -0.05) is 11.6 Å². The molecule has 0 saturated heterocycles. The number of nitrogens with zero attached hydrogens (tertiary/aromatic N) is 1. The van der Waals surface area contributed by atoms with Crippen molar-refractivity contribution in [2.45, 2.75) is 24.7 Å². The number of aryl methyl sites for hydroxylation is 1. The van der Waals surface area contributed by atoms with E-state index in [-0.39, 0.29) is 29.9 Å². The summed E-state index contributed by atoms with van der Waals surface area (Å²) in [7, 11) is -4.26. The highest BCUT2D eigenvalue weighted by Gasteiger charge is 2.23. The molecule has 0 aliphatic heterocycles. The van der Waals surface area contributed by atoms with Crippen molar-refractivity contribution in [2.75, 3.05) is 11.3 Å². The number of H-pyrrole nitrogens is 1. The van der Waals surface area contributed by atoms with Gasteiger partial charge in [-0.05, 0) is 37.6 Å². The number of halogens is 3. The molecule has 0 aliphatic carbocycles. The van der Waals surface area contributed by atoms with Crippen molar-refractivity contribution in [3.8, 4) is 0 Å². The van der Waals surface area contributed by atoms with Crippen LogP contribution < -0.4 is 4.72 Å². The van der Waals surface area contributed by atoms with E-state index in [0.29, 0.717) is 15.9 Å². The monoisotopic (exact) mass is 443 g/mol. The number of sulfonamides is 1. The van der Waals surface area contributed by atoms with Gasteiger partial charge < -0.3 is 9.72 Å². The number of aromatic nitrogens is 2. The number of hydrogen-bond acceptors (Lipinski definition) is 5. The number of ether oxygens (including phenoxy) is 1. The zero-order valence-electron chi connectivity index (χ0n) is 15.1. The number of nitrogens with one attached hydrogen (secondary N) is 2. The van der Waals surface area contributed by atoms with Gasteiger partial charge in [-0.3, -0.25) is 9.52 Å². The van der Waals surface area contributed by atoms with Crippen molar-refractivity contribution < 1.29 is 26.7 Å². The molecule has 3 aromatic rings. The summed E-state index contributed by atoms with van der Waals surface area (Å²) in [5, 5.41) is 0.735. The van der Waals surface area contributed by atoms with Crippen molar-refractivity contribution in [1.29, 1.82) is 0 Å². The van der Waals surface area contributed by atoms with E-state index < -0.39 is 33.6 Å². The molecule has 0 saturated carbocycles. The standard InChI is InChI=1S/C18H16ClF2N3O4S/c1-2-28-16(25)6-3-10-7-13(20)18(23-17(10)21)24-29(26,27)15-9-22-14-8-11(19)4-5-12(14)15/h4-5,7-9,22H,2-3,6H2,1H3,(H,23,24). The van der Waals surface area contributed by atoms with Crippen molar-refractivity contribution in [3.63, 3.8) is 0 Å². The molecule has 0 spiro atoms. The third kappa shape index (κ3) is 4.65. The molecule has 0 amide bonds. The van der Waals surface area contributed by atoms with E-state index in [4.69, 9.17) is 16.3 Å². The zero-order chi connectivity index (χ0) is 21.2. The van der Waals surface area contributed by atoms with Gasteiger partial charge in [0.2, 0.25) is 5.95 Å². The number of esters is 1. The summed E-state index contributed by atoms with van der Waals surface area (Å²) in [4.78, 5) is 17.3. The highest BCUT2D eigenvalue weighted by atomic mass is 35.5. The molecular formula is C18H16ClF2N3O4S. The van der Waals surface area contributed by atoms with Gasteiger partial charge in [-0.15, -0.1) is 0 Å². The van der Waals surface area contributed by atoms with Crippen LogP contribution in [0.4, 0.5) is 14.6 Å². The Morgan fingerprint density at radius 3 is 2.79 bits per heavy atom. The summed E-state index contributed by atoms with van der Waals surface area (Å²) in [5.74, 6) is -3.50. The van der Waals surface area contributed by atoms with E-state index in [0.717, 1.165) is 6.07 Å². The largest absolute Gasteiger partial charge is 0.466 e. The highest BCUT2D eigenvalue weighted by molar-refractivity contribution is 7.93. The fraction of sp³-hybridized carbons (Fsp3) is 0.222. The maximum atomic E-state index is 14.3. The first-order valence-electron chi connectivity index (χ1n) is 8.51. The lowest BCUT2D eigenvalue weighted by molar-refractivity contribution is -0.143. The zero-order valence-corrected chi connectivity index (χ0v) is 16.7. The van der Waals surface area contributed by atoms with Crippen LogP contribution in [-0.4, -0.2) is 31.0 Å². The number of pyridine rings is 1. The molecular weight excluding hydrogens is 428 g/mol. The van der Waals surface area contributed by atoms with Crippen molar-refractivity contribution >= 4 is 44.3 Å². The minimum atomic E-state index is -4.26. The first-order chi connectivity index (χ1) is 13.7. The third-order valence-electron chi connectivity index (χ3n) is 4.03.